The molecule has 252 valence electrons. The van der Waals surface area contributed by atoms with E-state index in [2.05, 4.69) is 12.2 Å². The minimum atomic E-state index is -0.931. The second-order valence-corrected chi connectivity index (χ2v) is 12.9. The third-order valence-corrected chi connectivity index (χ3v) is 9.34. The standard InChI is InChI=1S/C39H38N2O7S/c1-25-32(24-49-39-41-35(27-10-4-2-5-11-27)37(48-39)28-12-6-3-7-13-28)46-38(47-36(25)29-20-18-26(23-42)19-21-29)30-14-8-15-31(22-30)40-33(43)16-9-17-34(44)45/h2-8,10-15,18-22,25,32,36,38,42H,9,16-17,23-24H2,1H3,(H,40,43)(H,44,45). The van der Waals surface area contributed by atoms with E-state index >= 15 is 0 Å². The van der Waals surface area contributed by atoms with Crippen molar-refractivity contribution in [3.63, 3.8) is 0 Å². The van der Waals surface area contributed by atoms with Gasteiger partial charge in [0.15, 0.2) is 12.1 Å². The quantitative estimate of drug-likeness (QED) is 0.105. The molecule has 0 aliphatic carbocycles. The fraction of sp³-hybridized carbons (Fsp3) is 0.256. The van der Waals surface area contributed by atoms with Crippen LogP contribution < -0.4 is 5.32 Å². The summed E-state index contributed by atoms with van der Waals surface area (Å²) in [6, 6.07) is 35.0. The first kappa shape index (κ1) is 34.1. The third kappa shape index (κ3) is 8.65. The molecule has 1 saturated heterocycles. The van der Waals surface area contributed by atoms with Gasteiger partial charge in [0.25, 0.3) is 5.22 Å². The van der Waals surface area contributed by atoms with Gasteiger partial charge < -0.3 is 29.4 Å². The third-order valence-electron chi connectivity index (χ3n) is 8.42. The molecule has 1 aliphatic heterocycles. The highest BCUT2D eigenvalue weighted by Crippen LogP contribution is 2.44. The lowest BCUT2D eigenvalue weighted by atomic mass is 9.91. The number of aliphatic hydroxyl groups is 1. The van der Waals surface area contributed by atoms with Gasteiger partial charge in [0.2, 0.25) is 5.91 Å². The second-order valence-electron chi connectivity index (χ2n) is 11.9. The Kier molecular flexibility index (Phi) is 11.2. The van der Waals surface area contributed by atoms with Crippen molar-refractivity contribution in [2.75, 3.05) is 11.1 Å². The van der Waals surface area contributed by atoms with Gasteiger partial charge in [-0.1, -0.05) is 116 Å². The molecule has 1 amide bonds. The lowest BCUT2D eigenvalue weighted by Crippen LogP contribution is -2.38. The molecule has 5 aromatic rings. The minimum absolute atomic E-state index is 0.0483. The second kappa shape index (κ2) is 16.1. The molecule has 4 atom stereocenters. The topological polar surface area (TPSA) is 131 Å². The maximum Gasteiger partial charge on any atom is 0.303 e. The van der Waals surface area contributed by atoms with Gasteiger partial charge in [0.05, 0.1) is 18.8 Å². The van der Waals surface area contributed by atoms with Crippen molar-refractivity contribution >= 4 is 29.3 Å². The van der Waals surface area contributed by atoms with Crippen molar-refractivity contribution < 1.29 is 33.7 Å². The lowest BCUT2D eigenvalue weighted by Gasteiger charge is -2.41. The number of aliphatic hydroxyl groups excluding tert-OH is 1. The minimum Gasteiger partial charge on any atom is -0.481 e. The molecule has 10 heteroatoms. The van der Waals surface area contributed by atoms with Crippen LogP contribution in [0.15, 0.2) is 119 Å². The molecule has 4 aromatic carbocycles. The molecule has 0 radical (unpaired) electrons. The summed E-state index contributed by atoms with van der Waals surface area (Å²) in [5, 5.41) is 21.9. The molecular weight excluding hydrogens is 641 g/mol. The zero-order chi connectivity index (χ0) is 34.2. The van der Waals surface area contributed by atoms with Crippen molar-refractivity contribution in [2.24, 2.45) is 5.92 Å². The van der Waals surface area contributed by atoms with E-state index < -0.39 is 12.3 Å². The van der Waals surface area contributed by atoms with Gasteiger partial charge in [-0.2, -0.15) is 0 Å². The van der Waals surface area contributed by atoms with Gasteiger partial charge in [-0.15, -0.1) is 0 Å². The first-order chi connectivity index (χ1) is 23.9. The van der Waals surface area contributed by atoms with Crippen LogP contribution in [-0.2, 0) is 25.7 Å². The normalized spacial score (nSPS) is 19.0. The number of benzene rings is 4. The number of aliphatic carboxylic acids is 1. The molecule has 1 aromatic heterocycles. The number of carbonyl (C=O) groups excluding carboxylic acids is 1. The van der Waals surface area contributed by atoms with Crippen molar-refractivity contribution in [3.8, 4) is 22.6 Å². The predicted octanol–water partition coefficient (Wildman–Crippen LogP) is 8.28. The summed E-state index contributed by atoms with van der Waals surface area (Å²) in [6.07, 6.45) is -1.03. The van der Waals surface area contributed by atoms with E-state index in [9.17, 15) is 14.7 Å². The van der Waals surface area contributed by atoms with E-state index in [1.54, 1.807) is 6.07 Å². The van der Waals surface area contributed by atoms with Crippen molar-refractivity contribution in [3.05, 3.63) is 126 Å². The van der Waals surface area contributed by atoms with Gasteiger partial charge in [-0.25, -0.2) is 4.98 Å². The number of carbonyl (C=O) groups is 2. The Morgan fingerprint density at radius 2 is 1.55 bits per heavy atom. The van der Waals surface area contributed by atoms with E-state index in [-0.39, 0.29) is 49.9 Å². The van der Waals surface area contributed by atoms with Gasteiger partial charge >= 0.3 is 5.97 Å². The maximum atomic E-state index is 12.5. The highest BCUT2D eigenvalue weighted by atomic mass is 32.2. The highest BCUT2D eigenvalue weighted by Gasteiger charge is 2.39. The van der Waals surface area contributed by atoms with Gasteiger partial charge in [0, 0.05) is 46.9 Å². The van der Waals surface area contributed by atoms with Crippen molar-refractivity contribution in [1.82, 2.24) is 4.98 Å². The fourth-order valence-electron chi connectivity index (χ4n) is 5.79. The molecule has 6 rings (SSSR count). The van der Waals surface area contributed by atoms with E-state index in [4.69, 9.17) is 24.0 Å². The summed E-state index contributed by atoms with van der Waals surface area (Å²) in [4.78, 5) is 28.3. The van der Waals surface area contributed by atoms with Crippen LogP contribution in [-0.4, -0.2) is 38.9 Å². The molecule has 4 unspecified atom stereocenters. The van der Waals surface area contributed by atoms with Gasteiger partial charge in [0.1, 0.15) is 5.69 Å². The van der Waals surface area contributed by atoms with Crippen LogP contribution in [0.2, 0.25) is 0 Å². The Hall–Kier alpha value is -4.74. The molecular formula is C39H38N2O7S. The highest BCUT2D eigenvalue weighted by molar-refractivity contribution is 7.99. The molecule has 0 bridgehead atoms. The van der Waals surface area contributed by atoms with Crippen LogP contribution in [0.25, 0.3) is 22.6 Å². The average Bonchev–Trinajstić information content (AvgIpc) is 3.56. The number of anilines is 1. The largest absolute Gasteiger partial charge is 0.481 e. The first-order valence-electron chi connectivity index (χ1n) is 16.2. The van der Waals surface area contributed by atoms with E-state index in [0.717, 1.165) is 33.5 Å². The van der Waals surface area contributed by atoms with E-state index in [1.165, 1.54) is 11.8 Å². The predicted molar refractivity (Wildman–Crippen MR) is 188 cm³/mol. The van der Waals surface area contributed by atoms with Crippen LogP contribution in [0.3, 0.4) is 0 Å². The van der Waals surface area contributed by atoms with E-state index in [1.807, 2.05) is 103 Å². The molecule has 0 spiro atoms. The molecule has 1 aliphatic rings. The van der Waals surface area contributed by atoms with Crippen LogP contribution in [0, 0.1) is 5.92 Å². The maximum absolute atomic E-state index is 12.5. The van der Waals surface area contributed by atoms with Crippen molar-refractivity contribution in [2.45, 2.75) is 56.5 Å². The molecule has 1 fully saturated rings. The molecule has 3 N–H and O–H groups in total. The number of carboxylic acid groups (broad SMARTS) is 1. The van der Waals surface area contributed by atoms with Crippen LogP contribution in [0.5, 0.6) is 0 Å². The summed E-state index contributed by atoms with van der Waals surface area (Å²) in [6.45, 7) is 2.05. The Bertz CT molecular complexity index is 1790. The number of rotatable bonds is 13. The number of ether oxygens (including phenoxy) is 2. The van der Waals surface area contributed by atoms with Gasteiger partial charge in [-0.05, 0) is 29.7 Å². The Balaban J connectivity index is 1.24. The zero-order valence-corrected chi connectivity index (χ0v) is 27.8. The number of amides is 1. The van der Waals surface area contributed by atoms with E-state index in [0.29, 0.717) is 22.4 Å². The molecule has 2 heterocycles. The van der Waals surface area contributed by atoms with Crippen LogP contribution in [0.4, 0.5) is 5.69 Å². The number of oxazole rings is 1. The molecule has 0 saturated carbocycles. The zero-order valence-electron chi connectivity index (χ0n) is 27.0. The summed E-state index contributed by atoms with van der Waals surface area (Å²) < 4.78 is 19.6. The fourth-order valence-corrected chi connectivity index (χ4v) is 6.78. The molecule has 49 heavy (non-hydrogen) atoms. The average molecular weight is 679 g/mol. The number of carboxylic acids is 1. The SMILES string of the molecule is CC1C(CSc2nc(-c3ccccc3)c(-c3ccccc3)o2)OC(c2cccc(NC(=O)CCCC(=O)O)c2)OC1c1ccc(CO)cc1. The molecule has 9 nitrogen and oxygen atoms in total. The number of hydrogen-bond acceptors (Lipinski definition) is 8. The van der Waals surface area contributed by atoms with Crippen LogP contribution >= 0.6 is 11.8 Å². The number of nitrogens with zero attached hydrogens (tertiary/aromatic N) is 1. The van der Waals surface area contributed by atoms with Gasteiger partial charge in [-0.3, -0.25) is 9.59 Å². The Labute approximate surface area is 289 Å². The summed E-state index contributed by atoms with van der Waals surface area (Å²) in [5.41, 5.74) is 5.76. The lowest BCUT2D eigenvalue weighted by molar-refractivity contribution is -0.268. The summed E-state index contributed by atoms with van der Waals surface area (Å²) >= 11 is 1.49. The Morgan fingerprint density at radius 1 is 0.837 bits per heavy atom. The summed E-state index contributed by atoms with van der Waals surface area (Å²) in [7, 11) is 0. The Morgan fingerprint density at radius 3 is 2.24 bits per heavy atom. The first-order valence-corrected chi connectivity index (χ1v) is 17.2. The number of nitrogens with one attached hydrogen (secondary N) is 1. The van der Waals surface area contributed by atoms with Crippen molar-refractivity contribution in [1.29, 1.82) is 0 Å². The number of aromatic nitrogens is 1. The number of thioether (sulfide) groups is 1. The smallest absolute Gasteiger partial charge is 0.303 e. The monoisotopic (exact) mass is 678 g/mol. The summed E-state index contributed by atoms with van der Waals surface area (Å²) in [5.74, 6) is -0.00557. The van der Waals surface area contributed by atoms with Crippen LogP contribution in [0.1, 0.15) is 55.3 Å². The number of hydrogen-bond donors (Lipinski definition) is 3.